The van der Waals surface area contributed by atoms with Gasteiger partial charge in [-0.25, -0.2) is 0 Å². The molecule has 1 radical (unpaired) electrons. The van der Waals surface area contributed by atoms with E-state index in [9.17, 15) is 0 Å². The minimum atomic E-state index is 0.153. The first kappa shape index (κ1) is 7.52. The average molecular weight is 111 g/mol. The molecule has 0 saturated carbocycles. The van der Waals surface area contributed by atoms with Crippen LogP contribution in [0.3, 0.4) is 0 Å². The molecule has 0 heterocycles. The number of hydrogen-bond donors (Lipinski definition) is 0. The molecule has 1 atom stereocenters. The van der Waals surface area contributed by atoms with Crippen LogP contribution >= 0.6 is 0 Å². The lowest BCUT2D eigenvalue weighted by molar-refractivity contribution is 0.109. The largest absolute Gasteiger partial charge is 0.380 e. The molecule has 0 aromatic heterocycles. The highest BCUT2D eigenvalue weighted by Gasteiger charge is 1.98. The Morgan fingerprint density at radius 1 is 1.88 bits per heavy atom. The first-order chi connectivity index (χ1) is 3.85. The number of rotatable bonds is 3. The highest BCUT2D eigenvalue weighted by atomic mass is 16.5. The van der Waals surface area contributed by atoms with E-state index in [1.807, 2.05) is 0 Å². The third-order valence-electron chi connectivity index (χ3n) is 1.00. The standard InChI is InChI=1S/C7H11O/c1-4-6-7(5-2)8-3/h1,7H,2,5-6H2,3H3. The number of methoxy groups -OCH3 is 1. The molecule has 8 heavy (non-hydrogen) atoms. The van der Waals surface area contributed by atoms with Crippen molar-refractivity contribution in [2.24, 2.45) is 0 Å². The molecule has 0 saturated heterocycles. The van der Waals surface area contributed by atoms with Crippen molar-refractivity contribution in [3.63, 3.8) is 0 Å². The quantitative estimate of drug-likeness (QED) is 0.498. The predicted molar refractivity (Wildman–Crippen MR) is 34.2 cm³/mol. The summed E-state index contributed by atoms with van der Waals surface area (Å²) in [6.07, 6.45) is 6.59. The monoisotopic (exact) mass is 111 g/mol. The highest BCUT2D eigenvalue weighted by molar-refractivity contribution is 4.87. The molecule has 1 nitrogen and oxygen atoms in total. The minimum Gasteiger partial charge on any atom is -0.380 e. The van der Waals surface area contributed by atoms with Gasteiger partial charge in [-0.3, -0.25) is 0 Å². The second kappa shape index (κ2) is 4.67. The molecule has 0 spiro atoms. The normalized spacial score (nSPS) is 12.6. The van der Waals surface area contributed by atoms with Gasteiger partial charge in [0, 0.05) is 13.5 Å². The highest BCUT2D eigenvalue weighted by Crippen LogP contribution is 1.98. The zero-order valence-electron chi connectivity index (χ0n) is 5.18. The van der Waals surface area contributed by atoms with Gasteiger partial charge in [-0.05, 0) is 6.42 Å². The van der Waals surface area contributed by atoms with E-state index in [1.165, 1.54) is 0 Å². The van der Waals surface area contributed by atoms with Crippen LogP contribution in [0.15, 0.2) is 0 Å². The Bertz CT molecular complexity index is 76.9. The fourth-order valence-corrected chi connectivity index (χ4v) is 0.435. The summed E-state index contributed by atoms with van der Waals surface area (Å²) in [7, 11) is 1.65. The van der Waals surface area contributed by atoms with E-state index < -0.39 is 0 Å². The number of hydrogen-bond acceptors (Lipinski definition) is 1. The molecular formula is C7H11O. The second-order valence-corrected chi connectivity index (χ2v) is 1.55. The SMILES string of the molecule is C#CCC(C[CH2])OC. The molecule has 1 heteroatoms. The molecule has 0 bridgehead atoms. The van der Waals surface area contributed by atoms with Crippen molar-refractivity contribution >= 4 is 0 Å². The van der Waals surface area contributed by atoms with Crippen LogP contribution in [0.1, 0.15) is 12.8 Å². The molecule has 1 unspecified atom stereocenters. The third kappa shape index (κ3) is 2.65. The molecule has 0 aromatic rings. The summed E-state index contributed by atoms with van der Waals surface area (Å²) in [5, 5.41) is 0. The molecule has 0 fully saturated rings. The van der Waals surface area contributed by atoms with Crippen LogP contribution in [0.5, 0.6) is 0 Å². The van der Waals surface area contributed by atoms with Gasteiger partial charge in [-0.15, -0.1) is 12.3 Å². The molecular weight excluding hydrogens is 100 g/mol. The third-order valence-corrected chi connectivity index (χ3v) is 1.00. The van der Waals surface area contributed by atoms with Crippen molar-refractivity contribution in [3.8, 4) is 12.3 Å². The van der Waals surface area contributed by atoms with Gasteiger partial charge < -0.3 is 4.74 Å². The Hall–Kier alpha value is -0.480. The minimum absolute atomic E-state index is 0.153. The van der Waals surface area contributed by atoms with Gasteiger partial charge in [0.05, 0.1) is 6.10 Å². The summed E-state index contributed by atoms with van der Waals surface area (Å²) in [4.78, 5) is 0. The Labute approximate surface area is 51.0 Å². The van der Waals surface area contributed by atoms with E-state index in [0.717, 1.165) is 6.42 Å². The van der Waals surface area contributed by atoms with Crippen LogP contribution in [0.4, 0.5) is 0 Å². The molecule has 0 amide bonds. The Morgan fingerprint density at radius 2 is 2.50 bits per heavy atom. The Kier molecular flexibility index (Phi) is 4.39. The van der Waals surface area contributed by atoms with Crippen molar-refractivity contribution in [1.82, 2.24) is 0 Å². The summed E-state index contributed by atoms with van der Waals surface area (Å²) in [6.45, 7) is 3.65. The zero-order chi connectivity index (χ0) is 6.41. The van der Waals surface area contributed by atoms with Gasteiger partial charge in [-0.1, -0.05) is 6.92 Å². The summed E-state index contributed by atoms with van der Waals surface area (Å²) in [5.41, 5.74) is 0. The molecule has 0 rings (SSSR count). The molecule has 0 N–H and O–H groups in total. The molecule has 0 aliphatic carbocycles. The fraction of sp³-hybridized carbons (Fsp3) is 0.571. The second-order valence-electron chi connectivity index (χ2n) is 1.55. The summed E-state index contributed by atoms with van der Waals surface area (Å²) >= 11 is 0. The van der Waals surface area contributed by atoms with Crippen LogP contribution in [-0.2, 0) is 4.74 Å². The van der Waals surface area contributed by atoms with E-state index in [2.05, 4.69) is 12.8 Å². The lowest BCUT2D eigenvalue weighted by atomic mass is 10.2. The maximum absolute atomic E-state index is 5.02. The smallest absolute Gasteiger partial charge is 0.0680 e. The molecule has 0 aliphatic rings. The maximum Gasteiger partial charge on any atom is 0.0680 e. The fourth-order valence-electron chi connectivity index (χ4n) is 0.435. The average Bonchev–Trinajstić information content (AvgIpc) is 1.83. The number of ether oxygens (including phenoxy) is 1. The van der Waals surface area contributed by atoms with Crippen LogP contribution in [0.2, 0.25) is 0 Å². The van der Waals surface area contributed by atoms with E-state index in [4.69, 9.17) is 11.2 Å². The van der Waals surface area contributed by atoms with Gasteiger partial charge in [0.25, 0.3) is 0 Å². The van der Waals surface area contributed by atoms with Crippen molar-refractivity contribution in [2.75, 3.05) is 7.11 Å². The lowest BCUT2D eigenvalue weighted by Gasteiger charge is -2.06. The molecule has 45 valence electrons. The Balaban J connectivity index is 3.25. The van der Waals surface area contributed by atoms with Gasteiger partial charge in [-0.2, -0.15) is 0 Å². The van der Waals surface area contributed by atoms with Crippen LogP contribution in [0, 0.1) is 19.3 Å². The van der Waals surface area contributed by atoms with Gasteiger partial charge in [0.1, 0.15) is 0 Å². The Morgan fingerprint density at radius 3 is 2.62 bits per heavy atom. The topological polar surface area (TPSA) is 9.23 Å². The summed E-state index contributed by atoms with van der Waals surface area (Å²) in [6, 6.07) is 0. The van der Waals surface area contributed by atoms with E-state index in [0.29, 0.717) is 6.42 Å². The van der Waals surface area contributed by atoms with Crippen molar-refractivity contribution in [2.45, 2.75) is 18.9 Å². The van der Waals surface area contributed by atoms with Crippen molar-refractivity contribution < 1.29 is 4.74 Å². The van der Waals surface area contributed by atoms with Crippen molar-refractivity contribution in [3.05, 3.63) is 6.92 Å². The van der Waals surface area contributed by atoms with E-state index >= 15 is 0 Å². The number of terminal acetylenes is 1. The predicted octanol–water partition coefficient (Wildman–Crippen LogP) is 1.25. The summed E-state index contributed by atoms with van der Waals surface area (Å²) < 4.78 is 4.93. The summed E-state index contributed by atoms with van der Waals surface area (Å²) in [5.74, 6) is 2.50. The zero-order valence-corrected chi connectivity index (χ0v) is 5.18. The first-order valence-electron chi connectivity index (χ1n) is 2.60. The van der Waals surface area contributed by atoms with E-state index in [-0.39, 0.29) is 6.10 Å². The van der Waals surface area contributed by atoms with Crippen LogP contribution in [0.25, 0.3) is 0 Å². The van der Waals surface area contributed by atoms with Gasteiger partial charge >= 0.3 is 0 Å². The maximum atomic E-state index is 5.02. The lowest BCUT2D eigenvalue weighted by Crippen LogP contribution is -2.06. The van der Waals surface area contributed by atoms with Gasteiger partial charge in [0.2, 0.25) is 0 Å². The molecule has 0 aromatic carbocycles. The van der Waals surface area contributed by atoms with Crippen molar-refractivity contribution in [1.29, 1.82) is 0 Å². The van der Waals surface area contributed by atoms with Crippen LogP contribution in [-0.4, -0.2) is 13.2 Å². The van der Waals surface area contributed by atoms with E-state index in [1.54, 1.807) is 7.11 Å². The van der Waals surface area contributed by atoms with Crippen LogP contribution < -0.4 is 0 Å². The van der Waals surface area contributed by atoms with Gasteiger partial charge in [0.15, 0.2) is 0 Å². The molecule has 0 aliphatic heterocycles. The first-order valence-corrected chi connectivity index (χ1v) is 2.60.